The lowest BCUT2D eigenvalue weighted by Gasteiger charge is -2.13. The van der Waals surface area contributed by atoms with Crippen LogP contribution in [0.2, 0.25) is 0 Å². The molecule has 72 valence electrons. The van der Waals surface area contributed by atoms with Gasteiger partial charge in [-0.05, 0) is 12.1 Å². The van der Waals surface area contributed by atoms with Gasteiger partial charge in [0.1, 0.15) is 5.82 Å². The van der Waals surface area contributed by atoms with Crippen LogP contribution in [0.5, 0.6) is 0 Å². The lowest BCUT2D eigenvalue weighted by atomic mass is 10.3. The van der Waals surface area contributed by atoms with Crippen molar-refractivity contribution in [2.24, 2.45) is 5.84 Å². The minimum absolute atomic E-state index is 0.517. The maximum Gasteiger partial charge on any atom is 0.217 e. The van der Waals surface area contributed by atoms with Crippen LogP contribution >= 0.6 is 34.8 Å². The zero-order valence-corrected chi connectivity index (χ0v) is 9.11. The molecule has 0 saturated heterocycles. The van der Waals surface area contributed by atoms with Gasteiger partial charge >= 0.3 is 0 Å². The number of rotatable bonds is 1. The summed E-state index contributed by atoms with van der Waals surface area (Å²) in [7, 11) is 1.68. The molecule has 3 nitrogen and oxygen atoms in total. The summed E-state index contributed by atoms with van der Waals surface area (Å²) in [6, 6.07) is 3.34. The molecule has 0 aliphatic carbocycles. The molecule has 1 rings (SSSR count). The Bertz CT molecular complexity index is 278. The zero-order valence-electron chi connectivity index (χ0n) is 6.84. The average molecular weight is 241 g/mol. The summed E-state index contributed by atoms with van der Waals surface area (Å²) in [5.41, 5.74) is 0.517. The van der Waals surface area contributed by atoms with Crippen molar-refractivity contribution in [2.75, 3.05) is 12.1 Å². The third kappa shape index (κ3) is 2.88. The Morgan fingerprint density at radius 3 is 2.31 bits per heavy atom. The third-order valence-electron chi connectivity index (χ3n) is 1.44. The normalized spacial score (nSPS) is 11.5. The first-order valence-electron chi connectivity index (χ1n) is 3.43. The number of alkyl halides is 3. The SMILES string of the molecule is CN(N)c1ccc(C(Cl)(Cl)Cl)cn1. The molecule has 0 bridgehead atoms. The van der Waals surface area contributed by atoms with Crippen molar-refractivity contribution in [2.45, 2.75) is 3.79 Å². The van der Waals surface area contributed by atoms with Crippen LogP contribution in [0.3, 0.4) is 0 Å². The molecule has 2 N–H and O–H groups in total. The monoisotopic (exact) mass is 239 g/mol. The number of hydrazine groups is 1. The zero-order chi connectivity index (χ0) is 10.1. The van der Waals surface area contributed by atoms with Crippen LogP contribution in [-0.4, -0.2) is 12.0 Å². The molecular formula is C7H8Cl3N3. The smallest absolute Gasteiger partial charge is 0.217 e. The predicted molar refractivity (Wildman–Crippen MR) is 56.1 cm³/mol. The maximum absolute atomic E-state index is 5.64. The molecule has 6 heteroatoms. The Kier molecular flexibility index (Phi) is 3.24. The topological polar surface area (TPSA) is 42.1 Å². The lowest BCUT2D eigenvalue weighted by Crippen LogP contribution is -2.26. The van der Waals surface area contributed by atoms with E-state index in [2.05, 4.69) is 4.98 Å². The second-order valence-corrected chi connectivity index (χ2v) is 4.79. The average Bonchev–Trinajstić information content (AvgIpc) is 2.03. The van der Waals surface area contributed by atoms with Crippen molar-refractivity contribution in [3.8, 4) is 0 Å². The summed E-state index contributed by atoms with van der Waals surface area (Å²) in [6.07, 6.45) is 1.48. The highest BCUT2D eigenvalue weighted by Crippen LogP contribution is 2.37. The van der Waals surface area contributed by atoms with Gasteiger partial charge in [0.25, 0.3) is 0 Å². The molecule has 0 aliphatic rings. The molecule has 0 radical (unpaired) electrons. The second kappa shape index (κ2) is 3.88. The van der Waals surface area contributed by atoms with Crippen LogP contribution in [0.15, 0.2) is 18.3 Å². The molecule has 0 aliphatic heterocycles. The van der Waals surface area contributed by atoms with Gasteiger partial charge in [0, 0.05) is 18.8 Å². The van der Waals surface area contributed by atoms with E-state index in [4.69, 9.17) is 40.6 Å². The van der Waals surface area contributed by atoms with Crippen molar-refractivity contribution in [3.63, 3.8) is 0 Å². The van der Waals surface area contributed by atoms with Crippen LogP contribution < -0.4 is 10.9 Å². The van der Waals surface area contributed by atoms with Crippen LogP contribution in [0.25, 0.3) is 0 Å². The van der Waals surface area contributed by atoms with E-state index < -0.39 is 3.79 Å². The quantitative estimate of drug-likeness (QED) is 0.465. The number of nitrogens with zero attached hydrogens (tertiary/aromatic N) is 2. The van der Waals surface area contributed by atoms with Crippen molar-refractivity contribution in [3.05, 3.63) is 23.9 Å². The molecule has 0 atom stereocenters. The Hall–Kier alpha value is -0.220. The van der Waals surface area contributed by atoms with E-state index in [0.29, 0.717) is 11.4 Å². The minimum Gasteiger partial charge on any atom is -0.298 e. The van der Waals surface area contributed by atoms with Crippen LogP contribution in [0.4, 0.5) is 5.82 Å². The van der Waals surface area contributed by atoms with Gasteiger partial charge in [-0.2, -0.15) is 0 Å². The van der Waals surface area contributed by atoms with Gasteiger partial charge in [0.15, 0.2) is 0 Å². The summed E-state index contributed by atoms with van der Waals surface area (Å²) in [5.74, 6) is 6.05. The van der Waals surface area contributed by atoms with Crippen molar-refractivity contribution < 1.29 is 0 Å². The number of hydrogen-bond donors (Lipinski definition) is 1. The van der Waals surface area contributed by atoms with E-state index in [1.54, 1.807) is 19.2 Å². The summed E-state index contributed by atoms with van der Waals surface area (Å²) in [6.45, 7) is 0. The first-order chi connectivity index (χ1) is 5.91. The van der Waals surface area contributed by atoms with Crippen LogP contribution in [0, 0.1) is 0 Å². The summed E-state index contributed by atoms with van der Waals surface area (Å²) in [5, 5.41) is 1.38. The fraction of sp³-hybridized carbons (Fsp3) is 0.286. The Labute approximate surface area is 91.4 Å². The van der Waals surface area contributed by atoms with E-state index >= 15 is 0 Å². The van der Waals surface area contributed by atoms with Gasteiger partial charge in [-0.25, -0.2) is 10.8 Å². The van der Waals surface area contributed by atoms with E-state index in [0.717, 1.165) is 0 Å². The third-order valence-corrected chi connectivity index (χ3v) is 2.09. The molecule has 0 amide bonds. The summed E-state index contributed by atoms with van der Waals surface area (Å²) in [4.78, 5) is 3.99. The number of hydrogen-bond acceptors (Lipinski definition) is 3. The fourth-order valence-electron chi connectivity index (χ4n) is 0.762. The Balaban J connectivity index is 2.94. The largest absolute Gasteiger partial charge is 0.298 e. The van der Waals surface area contributed by atoms with Crippen molar-refractivity contribution in [1.82, 2.24) is 4.98 Å². The Morgan fingerprint density at radius 2 is 2.00 bits per heavy atom. The van der Waals surface area contributed by atoms with Gasteiger partial charge in [-0.3, -0.25) is 5.01 Å². The molecular weight excluding hydrogens is 232 g/mol. The summed E-state index contributed by atoms with van der Waals surface area (Å²) >= 11 is 16.9. The molecule has 1 aromatic rings. The molecule has 13 heavy (non-hydrogen) atoms. The van der Waals surface area contributed by atoms with E-state index in [9.17, 15) is 0 Å². The first-order valence-corrected chi connectivity index (χ1v) is 4.56. The van der Waals surface area contributed by atoms with Crippen LogP contribution in [-0.2, 0) is 3.79 Å². The highest BCUT2D eigenvalue weighted by atomic mass is 35.6. The Morgan fingerprint density at radius 1 is 1.38 bits per heavy atom. The van der Waals surface area contributed by atoms with E-state index in [1.807, 2.05) is 0 Å². The van der Waals surface area contributed by atoms with Gasteiger partial charge in [0.05, 0.1) is 0 Å². The van der Waals surface area contributed by atoms with Gasteiger partial charge in [-0.1, -0.05) is 34.8 Å². The first kappa shape index (κ1) is 10.9. The van der Waals surface area contributed by atoms with Crippen molar-refractivity contribution >= 4 is 40.6 Å². The predicted octanol–water partition coefficient (Wildman–Crippen LogP) is 2.22. The highest BCUT2D eigenvalue weighted by Gasteiger charge is 2.22. The number of pyridine rings is 1. The van der Waals surface area contributed by atoms with Gasteiger partial charge < -0.3 is 0 Å². The molecule has 0 spiro atoms. The van der Waals surface area contributed by atoms with E-state index in [1.165, 1.54) is 11.2 Å². The fourth-order valence-corrected chi connectivity index (χ4v) is 1.10. The molecule has 0 aromatic carbocycles. The molecule has 0 saturated carbocycles. The standard InChI is InChI=1S/C7H8Cl3N3/c1-13(11)6-3-2-5(4-12-6)7(8,9)10/h2-4H,11H2,1H3. The molecule has 0 fully saturated rings. The molecule has 0 unspecified atom stereocenters. The van der Waals surface area contributed by atoms with E-state index in [-0.39, 0.29) is 0 Å². The lowest BCUT2D eigenvalue weighted by molar-refractivity contribution is 0.970. The highest BCUT2D eigenvalue weighted by molar-refractivity contribution is 6.66. The van der Waals surface area contributed by atoms with Crippen molar-refractivity contribution in [1.29, 1.82) is 0 Å². The minimum atomic E-state index is -1.43. The number of aromatic nitrogens is 1. The van der Waals surface area contributed by atoms with Gasteiger partial charge in [0.2, 0.25) is 3.79 Å². The molecule has 1 aromatic heterocycles. The number of anilines is 1. The number of nitrogens with two attached hydrogens (primary N) is 1. The van der Waals surface area contributed by atoms with Gasteiger partial charge in [-0.15, -0.1) is 0 Å². The van der Waals surface area contributed by atoms with Crippen LogP contribution in [0.1, 0.15) is 5.56 Å². The maximum atomic E-state index is 5.64. The molecule has 1 heterocycles. The second-order valence-electron chi connectivity index (χ2n) is 2.51. The number of halogens is 3. The summed E-state index contributed by atoms with van der Waals surface area (Å²) < 4.78 is -1.43.